The zero-order chi connectivity index (χ0) is 15.1. The van der Waals surface area contributed by atoms with Gasteiger partial charge in [0.1, 0.15) is 10.9 Å². The molecular formula is C11H12ClN3O4S. The predicted molar refractivity (Wildman–Crippen MR) is 72.4 cm³/mol. The van der Waals surface area contributed by atoms with Crippen LogP contribution in [0, 0.1) is 0 Å². The van der Waals surface area contributed by atoms with Crippen molar-refractivity contribution in [3.8, 4) is 0 Å². The second kappa shape index (κ2) is 5.04. The third kappa shape index (κ3) is 2.37. The number of nitrogens with one attached hydrogen (secondary N) is 1. The molecule has 1 atom stereocenters. The molecule has 0 bridgehead atoms. The van der Waals surface area contributed by atoms with Gasteiger partial charge in [0.15, 0.2) is 0 Å². The molecule has 1 saturated heterocycles. The second-order valence-electron chi connectivity index (χ2n) is 4.30. The van der Waals surface area contributed by atoms with Crippen LogP contribution in [0.4, 0.5) is 5.69 Å². The molecule has 0 radical (unpaired) electrons. The fourth-order valence-corrected chi connectivity index (χ4v) is 4.09. The number of anilines is 1. The van der Waals surface area contributed by atoms with Gasteiger partial charge in [-0.3, -0.25) is 14.9 Å². The van der Waals surface area contributed by atoms with Crippen molar-refractivity contribution in [1.29, 1.82) is 0 Å². The largest absolute Gasteiger partial charge is 0.398 e. The number of sulfonamides is 1. The Labute approximate surface area is 120 Å². The lowest BCUT2D eigenvalue weighted by Gasteiger charge is -2.31. The monoisotopic (exact) mass is 317 g/mol. The van der Waals surface area contributed by atoms with E-state index in [2.05, 4.69) is 5.32 Å². The maximum absolute atomic E-state index is 12.6. The minimum atomic E-state index is -4.14. The first-order valence-corrected chi connectivity index (χ1v) is 7.46. The Bertz CT molecular complexity index is 669. The molecule has 9 heteroatoms. The van der Waals surface area contributed by atoms with Crippen LogP contribution in [0.2, 0.25) is 5.02 Å². The molecule has 0 aliphatic carbocycles. The molecule has 1 unspecified atom stereocenters. The predicted octanol–water partition coefficient (Wildman–Crippen LogP) is -0.0422. The third-order valence-electron chi connectivity index (χ3n) is 2.94. The highest BCUT2D eigenvalue weighted by Gasteiger charge is 2.40. The summed E-state index contributed by atoms with van der Waals surface area (Å²) in [6.07, 6.45) is 0. The Hall–Kier alpha value is -1.64. The summed E-state index contributed by atoms with van der Waals surface area (Å²) in [5, 5.41) is 2.00. The number of nitrogens with two attached hydrogens (primary N) is 1. The second-order valence-corrected chi connectivity index (χ2v) is 6.53. The Balaban J connectivity index is 2.55. The molecule has 2 rings (SSSR count). The fraction of sp³-hybridized carbons (Fsp3) is 0.273. The van der Waals surface area contributed by atoms with E-state index in [4.69, 9.17) is 17.3 Å². The van der Waals surface area contributed by atoms with E-state index < -0.39 is 34.4 Å². The summed E-state index contributed by atoms with van der Waals surface area (Å²) in [6, 6.07) is 3.25. The normalized spacial score (nSPS) is 20.8. The number of hydrogen-bond acceptors (Lipinski definition) is 5. The molecule has 0 saturated carbocycles. The van der Waals surface area contributed by atoms with Crippen LogP contribution in [0.3, 0.4) is 0 Å². The van der Waals surface area contributed by atoms with Crippen molar-refractivity contribution < 1.29 is 18.0 Å². The van der Waals surface area contributed by atoms with Gasteiger partial charge >= 0.3 is 0 Å². The lowest BCUT2D eigenvalue weighted by molar-refractivity contribution is -0.136. The van der Waals surface area contributed by atoms with Crippen molar-refractivity contribution in [3.63, 3.8) is 0 Å². The quantitative estimate of drug-likeness (QED) is 0.587. The van der Waals surface area contributed by atoms with Crippen molar-refractivity contribution in [3.05, 3.63) is 23.2 Å². The van der Waals surface area contributed by atoms with Crippen molar-refractivity contribution >= 4 is 39.1 Å². The smallest absolute Gasteiger partial charge is 0.247 e. The Morgan fingerprint density at radius 3 is 2.65 bits per heavy atom. The van der Waals surface area contributed by atoms with Crippen molar-refractivity contribution in [2.75, 3.05) is 12.3 Å². The van der Waals surface area contributed by atoms with Gasteiger partial charge in [-0.25, -0.2) is 8.42 Å². The number of halogens is 1. The molecule has 1 aromatic carbocycles. The van der Waals surface area contributed by atoms with Crippen LogP contribution in [-0.4, -0.2) is 37.1 Å². The molecule has 3 N–H and O–H groups in total. The van der Waals surface area contributed by atoms with Crippen LogP contribution in [0.5, 0.6) is 0 Å². The number of carbonyl (C=O) groups excluding carboxylic acids is 2. The molecule has 0 aromatic heterocycles. The summed E-state index contributed by atoms with van der Waals surface area (Å²) in [7, 11) is -4.14. The van der Waals surface area contributed by atoms with Crippen molar-refractivity contribution in [1.82, 2.24) is 9.62 Å². The Morgan fingerprint density at radius 1 is 1.40 bits per heavy atom. The highest BCUT2D eigenvalue weighted by Crippen LogP contribution is 2.31. The number of nitrogens with zero attached hydrogens (tertiary/aromatic N) is 1. The molecule has 2 amide bonds. The number of nitrogen functional groups attached to an aromatic ring is 1. The summed E-state index contributed by atoms with van der Waals surface area (Å²) in [5.41, 5.74) is 5.61. The maximum atomic E-state index is 12.6. The summed E-state index contributed by atoms with van der Waals surface area (Å²) < 4.78 is 25.9. The summed E-state index contributed by atoms with van der Waals surface area (Å²) >= 11 is 5.88. The van der Waals surface area contributed by atoms with Gasteiger partial charge in [-0.2, -0.15) is 4.31 Å². The highest BCUT2D eigenvalue weighted by molar-refractivity contribution is 7.89. The standard InChI is InChI=1S/C11H12ClN3O4S/c1-6-11(17)14-9(16)5-15(6)20(18,19)10-7(12)3-2-4-8(10)13/h2-4,6H,5,13H2,1H3,(H,14,16,17). The molecule has 0 spiro atoms. The average Bonchev–Trinajstić information content (AvgIpc) is 2.33. The van der Waals surface area contributed by atoms with Gasteiger partial charge in [-0.15, -0.1) is 0 Å². The number of amides is 2. The molecule has 1 fully saturated rings. The number of piperazine rings is 1. The SMILES string of the molecule is CC1C(=O)NC(=O)CN1S(=O)(=O)c1c(N)cccc1Cl. The van der Waals surface area contributed by atoms with Gasteiger partial charge in [0, 0.05) is 0 Å². The first-order valence-electron chi connectivity index (χ1n) is 5.64. The summed E-state index contributed by atoms with van der Waals surface area (Å²) in [6.45, 7) is 0.923. The zero-order valence-electron chi connectivity index (χ0n) is 10.5. The molecule has 1 aliphatic heterocycles. The van der Waals surface area contributed by atoms with E-state index in [9.17, 15) is 18.0 Å². The van der Waals surface area contributed by atoms with Crippen LogP contribution in [0.15, 0.2) is 23.1 Å². The number of imide groups is 1. The first-order chi connectivity index (χ1) is 9.25. The lowest BCUT2D eigenvalue weighted by Crippen LogP contribution is -2.58. The van der Waals surface area contributed by atoms with E-state index >= 15 is 0 Å². The van der Waals surface area contributed by atoms with Crippen LogP contribution in [0.1, 0.15) is 6.92 Å². The van der Waals surface area contributed by atoms with E-state index in [0.29, 0.717) is 0 Å². The van der Waals surface area contributed by atoms with Crippen LogP contribution in [-0.2, 0) is 19.6 Å². The van der Waals surface area contributed by atoms with Crippen LogP contribution >= 0.6 is 11.6 Å². The van der Waals surface area contributed by atoms with E-state index in [1.807, 2.05) is 0 Å². The van der Waals surface area contributed by atoms with E-state index in [-0.39, 0.29) is 15.6 Å². The van der Waals surface area contributed by atoms with Crippen molar-refractivity contribution in [2.45, 2.75) is 17.9 Å². The van der Waals surface area contributed by atoms with Gasteiger partial charge in [0.2, 0.25) is 21.8 Å². The molecular weight excluding hydrogens is 306 g/mol. The van der Waals surface area contributed by atoms with E-state index in [0.717, 1.165) is 4.31 Å². The molecule has 20 heavy (non-hydrogen) atoms. The number of benzene rings is 1. The van der Waals surface area contributed by atoms with Gasteiger partial charge in [0.05, 0.1) is 17.3 Å². The number of carbonyl (C=O) groups is 2. The summed E-state index contributed by atoms with van der Waals surface area (Å²) in [5.74, 6) is -1.38. The van der Waals surface area contributed by atoms with Gasteiger partial charge in [0.25, 0.3) is 0 Å². The molecule has 1 heterocycles. The topological polar surface area (TPSA) is 110 Å². The Morgan fingerprint density at radius 2 is 2.05 bits per heavy atom. The molecule has 108 valence electrons. The van der Waals surface area contributed by atoms with Crippen LogP contribution in [0.25, 0.3) is 0 Å². The highest BCUT2D eigenvalue weighted by atomic mass is 35.5. The van der Waals surface area contributed by atoms with E-state index in [1.165, 1.54) is 25.1 Å². The van der Waals surface area contributed by atoms with Crippen LogP contribution < -0.4 is 11.1 Å². The Kier molecular flexibility index (Phi) is 3.72. The zero-order valence-corrected chi connectivity index (χ0v) is 12.0. The van der Waals surface area contributed by atoms with E-state index in [1.54, 1.807) is 0 Å². The number of hydrogen-bond donors (Lipinski definition) is 2. The van der Waals surface area contributed by atoms with Crippen molar-refractivity contribution in [2.24, 2.45) is 0 Å². The number of rotatable bonds is 2. The minimum Gasteiger partial charge on any atom is -0.398 e. The van der Waals surface area contributed by atoms with Gasteiger partial charge in [-0.05, 0) is 19.1 Å². The third-order valence-corrected chi connectivity index (χ3v) is 5.40. The lowest BCUT2D eigenvalue weighted by atomic mass is 10.2. The molecule has 1 aromatic rings. The molecule has 1 aliphatic rings. The summed E-state index contributed by atoms with van der Waals surface area (Å²) in [4.78, 5) is 22.6. The molecule has 7 nitrogen and oxygen atoms in total. The van der Waals surface area contributed by atoms with Gasteiger partial charge < -0.3 is 5.73 Å². The average molecular weight is 318 g/mol. The maximum Gasteiger partial charge on any atom is 0.247 e. The minimum absolute atomic E-state index is 0.0388. The first kappa shape index (κ1) is 14.8. The van der Waals surface area contributed by atoms with Gasteiger partial charge in [-0.1, -0.05) is 17.7 Å². The fourth-order valence-electron chi connectivity index (χ4n) is 1.90.